The lowest BCUT2D eigenvalue weighted by molar-refractivity contribution is -0.135. The zero-order valence-corrected chi connectivity index (χ0v) is 18.8. The third-order valence-electron chi connectivity index (χ3n) is 7.19. The standard InChI is InChI=1S/C22H29IN2O2/c1-21(2)14-8-10-22(3,13-14)20(21)25-11-9-15(12-18(25)26)24-19-16(23)6-5-7-17(19)27-4/h5-7,12,14,20,24H,8-11,13H2,1-4H3/t14-,20?,22-/m0/s1. The molecule has 2 aliphatic carbocycles. The number of ether oxygens (including phenoxy) is 1. The minimum Gasteiger partial charge on any atom is -0.495 e. The van der Waals surface area contributed by atoms with E-state index in [4.69, 9.17) is 4.74 Å². The van der Waals surface area contributed by atoms with Gasteiger partial charge in [0.1, 0.15) is 5.75 Å². The summed E-state index contributed by atoms with van der Waals surface area (Å²) in [6.45, 7) is 7.93. The summed E-state index contributed by atoms with van der Waals surface area (Å²) in [7, 11) is 1.68. The quantitative estimate of drug-likeness (QED) is 0.614. The van der Waals surface area contributed by atoms with Gasteiger partial charge in [-0.25, -0.2) is 0 Å². The number of nitrogens with zero attached hydrogens (tertiary/aromatic N) is 1. The van der Waals surface area contributed by atoms with Gasteiger partial charge in [-0.15, -0.1) is 0 Å². The maximum absolute atomic E-state index is 13.1. The number of anilines is 1. The first kappa shape index (κ1) is 19.1. The van der Waals surface area contributed by atoms with Crippen molar-refractivity contribution in [3.8, 4) is 5.75 Å². The van der Waals surface area contributed by atoms with E-state index in [2.05, 4.69) is 53.6 Å². The molecule has 2 saturated carbocycles. The summed E-state index contributed by atoms with van der Waals surface area (Å²) < 4.78 is 6.57. The first-order valence-corrected chi connectivity index (χ1v) is 10.9. The molecule has 2 fully saturated rings. The Bertz CT molecular complexity index is 799. The van der Waals surface area contributed by atoms with Gasteiger partial charge in [0.15, 0.2) is 0 Å². The highest BCUT2D eigenvalue weighted by molar-refractivity contribution is 14.1. The minimum absolute atomic E-state index is 0.153. The number of methoxy groups -OCH3 is 1. The van der Waals surface area contributed by atoms with Crippen LogP contribution in [0.5, 0.6) is 5.75 Å². The van der Waals surface area contributed by atoms with Gasteiger partial charge in [-0.1, -0.05) is 26.8 Å². The van der Waals surface area contributed by atoms with Crippen LogP contribution in [0.15, 0.2) is 30.0 Å². The lowest BCUT2D eigenvalue weighted by Gasteiger charge is -2.49. The lowest BCUT2D eigenvalue weighted by atomic mass is 9.67. The molecule has 4 nitrogen and oxygen atoms in total. The van der Waals surface area contributed by atoms with Crippen LogP contribution in [0.4, 0.5) is 5.69 Å². The number of fused-ring (bicyclic) bond motifs is 2. The van der Waals surface area contributed by atoms with E-state index in [-0.39, 0.29) is 16.7 Å². The predicted molar refractivity (Wildman–Crippen MR) is 117 cm³/mol. The highest BCUT2D eigenvalue weighted by atomic mass is 127. The van der Waals surface area contributed by atoms with Crippen LogP contribution in [0, 0.1) is 20.3 Å². The second-order valence-electron chi connectivity index (χ2n) is 9.21. The number of nitrogens with one attached hydrogen (secondary N) is 1. The number of carbonyl (C=O) groups is 1. The number of benzene rings is 1. The van der Waals surface area contributed by atoms with Crippen molar-refractivity contribution < 1.29 is 9.53 Å². The molecule has 4 rings (SSSR count). The van der Waals surface area contributed by atoms with Gasteiger partial charge in [-0.2, -0.15) is 0 Å². The molecule has 1 heterocycles. The van der Waals surface area contributed by atoms with Gasteiger partial charge in [0.05, 0.1) is 12.8 Å². The molecule has 0 saturated heterocycles. The van der Waals surface area contributed by atoms with Crippen LogP contribution < -0.4 is 10.1 Å². The van der Waals surface area contributed by atoms with E-state index in [0.29, 0.717) is 6.04 Å². The Kier molecular flexibility index (Phi) is 4.72. The molecule has 27 heavy (non-hydrogen) atoms. The first-order valence-electron chi connectivity index (χ1n) is 9.87. The van der Waals surface area contributed by atoms with E-state index in [9.17, 15) is 4.79 Å². The second-order valence-corrected chi connectivity index (χ2v) is 10.4. The molecule has 1 unspecified atom stereocenters. The zero-order valence-electron chi connectivity index (χ0n) is 16.6. The Labute approximate surface area is 175 Å². The Balaban J connectivity index is 1.56. The smallest absolute Gasteiger partial charge is 0.248 e. The Morgan fingerprint density at radius 2 is 2.07 bits per heavy atom. The van der Waals surface area contributed by atoms with Gasteiger partial charge >= 0.3 is 0 Å². The van der Waals surface area contributed by atoms with Crippen molar-refractivity contribution in [1.29, 1.82) is 0 Å². The monoisotopic (exact) mass is 480 g/mol. The van der Waals surface area contributed by atoms with Gasteiger partial charge < -0.3 is 15.0 Å². The van der Waals surface area contributed by atoms with Gasteiger partial charge in [0.25, 0.3) is 0 Å². The summed E-state index contributed by atoms with van der Waals surface area (Å²) in [6.07, 6.45) is 6.49. The average molecular weight is 480 g/mol. The summed E-state index contributed by atoms with van der Waals surface area (Å²) in [6, 6.07) is 6.31. The van der Waals surface area contributed by atoms with Crippen molar-refractivity contribution in [2.75, 3.05) is 19.0 Å². The van der Waals surface area contributed by atoms with Crippen LogP contribution >= 0.6 is 22.6 Å². The van der Waals surface area contributed by atoms with Gasteiger partial charge in [0, 0.05) is 34.4 Å². The molecule has 1 aromatic carbocycles. The molecule has 0 radical (unpaired) electrons. The molecule has 3 atom stereocenters. The number of amides is 1. The summed E-state index contributed by atoms with van der Waals surface area (Å²) >= 11 is 2.30. The van der Waals surface area contributed by atoms with Gasteiger partial charge in [-0.05, 0) is 70.7 Å². The van der Waals surface area contributed by atoms with Crippen molar-refractivity contribution in [1.82, 2.24) is 4.90 Å². The number of halogens is 1. The van der Waals surface area contributed by atoms with Crippen molar-refractivity contribution in [2.24, 2.45) is 16.7 Å². The summed E-state index contributed by atoms with van der Waals surface area (Å²) in [5.74, 6) is 1.71. The molecule has 0 aromatic heterocycles. The van der Waals surface area contributed by atoms with E-state index >= 15 is 0 Å². The molecule has 3 aliphatic rings. The number of hydrogen-bond acceptors (Lipinski definition) is 3. The van der Waals surface area contributed by atoms with Crippen LogP contribution in [-0.4, -0.2) is 30.5 Å². The van der Waals surface area contributed by atoms with Crippen LogP contribution in [0.25, 0.3) is 0 Å². The molecule has 0 spiro atoms. The van der Waals surface area contributed by atoms with E-state index < -0.39 is 0 Å². The highest BCUT2D eigenvalue weighted by Crippen LogP contribution is 2.64. The van der Waals surface area contributed by atoms with Gasteiger partial charge in [0.2, 0.25) is 5.91 Å². The van der Waals surface area contributed by atoms with E-state index in [1.807, 2.05) is 18.2 Å². The van der Waals surface area contributed by atoms with E-state index in [0.717, 1.165) is 39.6 Å². The molecule has 1 aliphatic heterocycles. The molecule has 2 bridgehead atoms. The topological polar surface area (TPSA) is 41.6 Å². The van der Waals surface area contributed by atoms with Crippen LogP contribution in [-0.2, 0) is 4.79 Å². The van der Waals surface area contributed by atoms with E-state index in [1.54, 1.807) is 13.2 Å². The fourth-order valence-corrected chi connectivity index (χ4v) is 6.63. The summed E-state index contributed by atoms with van der Waals surface area (Å²) in [5.41, 5.74) is 2.41. The summed E-state index contributed by atoms with van der Waals surface area (Å²) in [4.78, 5) is 15.3. The second kappa shape index (κ2) is 6.68. The third kappa shape index (κ3) is 3.06. The third-order valence-corrected chi connectivity index (χ3v) is 8.09. The SMILES string of the molecule is COc1cccc(I)c1NC1=CC(=O)N(C2C(C)(C)[C@H]3CC[C@@]2(C)C3)CC1. The van der Waals surface area contributed by atoms with Crippen LogP contribution in [0.2, 0.25) is 0 Å². The average Bonchev–Trinajstić information content (AvgIpc) is 3.09. The van der Waals surface area contributed by atoms with Crippen molar-refractivity contribution >= 4 is 34.2 Å². The largest absolute Gasteiger partial charge is 0.495 e. The normalized spacial score (nSPS) is 31.8. The Morgan fingerprint density at radius 1 is 1.30 bits per heavy atom. The van der Waals surface area contributed by atoms with Crippen LogP contribution in [0.3, 0.4) is 0 Å². The van der Waals surface area contributed by atoms with Crippen molar-refractivity contribution in [3.05, 3.63) is 33.5 Å². The number of carbonyl (C=O) groups excluding carboxylic acids is 1. The van der Waals surface area contributed by atoms with E-state index in [1.165, 1.54) is 19.3 Å². The Hall–Kier alpha value is -1.24. The molecule has 1 N–H and O–H groups in total. The minimum atomic E-state index is 0.153. The van der Waals surface area contributed by atoms with Gasteiger partial charge in [-0.3, -0.25) is 4.79 Å². The summed E-state index contributed by atoms with van der Waals surface area (Å²) in [5, 5.41) is 3.46. The Morgan fingerprint density at radius 3 is 2.70 bits per heavy atom. The number of hydrogen-bond donors (Lipinski definition) is 1. The fourth-order valence-electron chi connectivity index (χ4n) is 6.02. The predicted octanol–water partition coefficient (Wildman–Crippen LogP) is 5.04. The number of rotatable bonds is 4. The maximum Gasteiger partial charge on any atom is 0.248 e. The molecule has 1 amide bonds. The molecule has 146 valence electrons. The molecule has 1 aromatic rings. The first-order chi connectivity index (χ1) is 12.8. The fraction of sp³-hybridized carbons (Fsp3) is 0.591. The van der Waals surface area contributed by atoms with Crippen molar-refractivity contribution in [2.45, 2.75) is 52.5 Å². The molecular weight excluding hydrogens is 451 g/mol. The number of para-hydroxylation sites is 1. The maximum atomic E-state index is 13.1. The molecule has 5 heteroatoms. The molecular formula is C22H29IN2O2. The zero-order chi connectivity index (χ0) is 19.4. The highest BCUT2D eigenvalue weighted by Gasteiger charge is 2.61. The lowest BCUT2D eigenvalue weighted by Crippen LogP contribution is -2.55. The van der Waals surface area contributed by atoms with Crippen molar-refractivity contribution in [3.63, 3.8) is 0 Å². The van der Waals surface area contributed by atoms with Crippen LogP contribution in [0.1, 0.15) is 46.5 Å².